The molecular weight excluding hydrogens is 401 g/mol. The molecule has 0 spiro atoms. The Balaban J connectivity index is 1.75. The lowest BCUT2D eigenvalue weighted by Crippen LogP contribution is -2.34. The monoisotopic (exact) mass is 449 g/mol. The van der Waals surface area contributed by atoms with Crippen molar-refractivity contribution in [2.24, 2.45) is 0 Å². The van der Waals surface area contributed by atoms with E-state index in [4.69, 9.17) is 14.0 Å². The highest BCUT2D eigenvalue weighted by Crippen LogP contribution is 2.46. The molecule has 0 aromatic heterocycles. The molecule has 1 saturated heterocycles. The lowest BCUT2D eigenvalue weighted by Gasteiger charge is -2.29. The van der Waals surface area contributed by atoms with E-state index >= 15 is 0 Å². The molecule has 0 aliphatic carbocycles. The van der Waals surface area contributed by atoms with Crippen molar-refractivity contribution in [3.8, 4) is 0 Å². The van der Waals surface area contributed by atoms with Crippen LogP contribution in [0.25, 0.3) is 0 Å². The Morgan fingerprint density at radius 2 is 1.20 bits per heavy atom. The van der Waals surface area contributed by atoms with Crippen LogP contribution in [0.5, 0.6) is 0 Å². The first kappa shape index (κ1) is 28.1. The summed E-state index contributed by atoms with van der Waals surface area (Å²) >= 11 is 0. The predicted molar refractivity (Wildman–Crippen MR) is 124 cm³/mol. The fourth-order valence-corrected chi connectivity index (χ4v) is 4.93. The van der Waals surface area contributed by atoms with Gasteiger partial charge in [-0.15, -0.1) is 0 Å². The number of hydrogen-bond acceptors (Lipinski definition) is 4. The van der Waals surface area contributed by atoms with Crippen molar-refractivity contribution in [2.45, 2.75) is 103 Å². The Hall–Kier alpha value is 0.0300. The highest BCUT2D eigenvalue weighted by Gasteiger charge is 2.30. The minimum atomic E-state index is -3.66. The zero-order valence-electron chi connectivity index (χ0n) is 19.5. The quantitative estimate of drug-likeness (QED) is 0.163. The van der Waals surface area contributed by atoms with Crippen molar-refractivity contribution >= 4 is 7.75 Å². The number of hydrogen-bond donors (Lipinski definition) is 1. The zero-order valence-corrected chi connectivity index (χ0v) is 20.4. The summed E-state index contributed by atoms with van der Waals surface area (Å²) in [5.74, 6) is 0. The van der Waals surface area contributed by atoms with Crippen molar-refractivity contribution in [1.82, 2.24) is 4.67 Å². The third-order valence-corrected chi connectivity index (χ3v) is 7.31. The van der Waals surface area contributed by atoms with Gasteiger partial charge in [-0.1, -0.05) is 90.4 Å². The Kier molecular flexibility index (Phi) is 18.4. The van der Waals surface area contributed by atoms with E-state index in [1.54, 1.807) is 0 Å². The molecular formula is C23H48NO5P. The van der Waals surface area contributed by atoms with Crippen molar-refractivity contribution in [3.63, 3.8) is 0 Å². The van der Waals surface area contributed by atoms with E-state index in [1.165, 1.54) is 88.1 Å². The molecule has 180 valence electrons. The van der Waals surface area contributed by atoms with Gasteiger partial charge in [-0.2, -0.15) is 0 Å². The van der Waals surface area contributed by atoms with Crippen LogP contribution in [-0.2, 0) is 18.6 Å². The first-order chi connectivity index (χ1) is 14.7. The average Bonchev–Trinajstić information content (AvgIpc) is 2.76. The molecule has 1 heterocycles. The summed E-state index contributed by atoms with van der Waals surface area (Å²) < 4.78 is 29.6. The molecule has 1 N–H and O–H groups in total. The first-order valence-electron chi connectivity index (χ1n) is 12.5. The maximum atomic E-state index is 12.1. The van der Waals surface area contributed by atoms with Gasteiger partial charge in [-0.25, -0.2) is 9.24 Å². The number of morpholine rings is 1. The predicted octanol–water partition coefficient (Wildman–Crippen LogP) is 6.32. The first-order valence-corrected chi connectivity index (χ1v) is 14.1. The molecule has 0 aromatic carbocycles. The molecule has 6 nitrogen and oxygen atoms in total. The van der Waals surface area contributed by atoms with E-state index in [-0.39, 0.29) is 6.61 Å². The molecule has 1 unspecified atom stereocenters. The maximum Gasteiger partial charge on any atom is 0.405 e. The summed E-state index contributed by atoms with van der Waals surface area (Å²) in [7, 11) is -3.66. The van der Waals surface area contributed by atoms with Gasteiger partial charge in [0.25, 0.3) is 0 Å². The molecule has 0 amide bonds. The van der Waals surface area contributed by atoms with Gasteiger partial charge in [-0.05, 0) is 12.8 Å². The summed E-state index contributed by atoms with van der Waals surface area (Å²) in [5.41, 5.74) is 0. The van der Waals surface area contributed by atoms with Gasteiger partial charge in [-0.3, -0.25) is 4.52 Å². The number of rotatable bonds is 21. The summed E-state index contributed by atoms with van der Waals surface area (Å²) in [5, 5.41) is 0. The number of unbranched alkanes of at least 4 members (excludes halogenated alkanes) is 13. The summed E-state index contributed by atoms with van der Waals surface area (Å²) in [6.45, 7) is 5.75. The van der Waals surface area contributed by atoms with E-state index in [2.05, 4.69) is 6.92 Å². The standard InChI is InChI=1S/C23H48NO5P/c1-2-3-4-5-6-7-8-9-10-11-12-13-14-15-19-27-20-16-21-29-30(25,26)24-17-22-28-23-18-24/h2-23H2,1H3,(H,25,26). The molecule has 0 bridgehead atoms. The Morgan fingerprint density at radius 1 is 0.733 bits per heavy atom. The molecule has 0 saturated carbocycles. The van der Waals surface area contributed by atoms with Gasteiger partial charge < -0.3 is 14.4 Å². The van der Waals surface area contributed by atoms with Gasteiger partial charge >= 0.3 is 7.75 Å². The molecule has 1 fully saturated rings. The Bertz CT molecular complexity index is 418. The lowest BCUT2D eigenvalue weighted by molar-refractivity contribution is 0.0537. The third kappa shape index (κ3) is 15.8. The van der Waals surface area contributed by atoms with Crippen LogP contribution in [0.4, 0.5) is 0 Å². The average molecular weight is 450 g/mol. The van der Waals surface area contributed by atoms with Crippen LogP contribution in [-0.4, -0.2) is 55.7 Å². The normalized spacial score (nSPS) is 17.3. The second-order valence-corrected chi connectivity index (χ2v) is 10.3. The molecule has 1 atom stereocenters. The third-order valence-electron chi connectivity index (χ3n) is 5.68. The largest absolute Gasteiger partial charge is 0.405 e. The molecule has 7 heteroatoms. The van der Waals surface area contributed by atoms with Gasteiger partial charge in [0.2, 0.25) is 0 Å². The van der Waals surface area contributed by atoms with E-state index in [9.17, 15) is 9.46 Å². The smallest absolute Gasteiger partial charge is 0.381 e. The molecule has 30 heavy (non-hydrogen) atoms. The topological polar surface area (TPSA) is 68.2 Å². The van der Waals surface area contributed by atoms with Gasteiger partial charge in [0, 0.05) is 26.3 Å². The van der Waals surface area contributed by atoms with Crippen LogP contribution in [0.15, 0.2) is 0 Å². The van der Waals surface area contributed by atoms with Crippen LogP contribution < -0.4 is 0 Å². The van der Waals surface area contributed by atoms with Crippen LogP contribution in [0.2, 0.25) is 0 Å². The zero-order chi connectivity index (χ0) is 21.8. The SMILES string of the molecule is CCCCCCCCCCCCCCCCOCCCOP(=O)(O)N1CCOCC1. The molecule has 0 aromatic rings. The maximum absolute atomic E-state index is 12.1. The van der Waals surface area contributed by atoms with Crippen LogP contribution in [0, 0.1) is 0 Å². The van der Waals surface area contributed by atoms with Crippen molar-refractivity contribution < 1.29 is 23.5 Å². The van der Waals surface area contributed by atoms with E-state index in [0.29, 0.717) is 39.3 Å². The van der Waals surface area contributed by atoms with E-state index in [0.717, 1.165) is 13.0 Å². The highest BCUT2D eigenvalue weighted by atomic mass is 31.2. The molecule has 1 rings (SSSR count). The van der Waals surface area contributed by atoms with Crippen molar-refractivity contribution in [1.29, 1.82) is 0 Å². The van der Waals surface area contributed by atoms with Gasteiger partial charge in [0.05, 0.1) is 19.8 Å². The summed E-state index contributed by atoms with van der Waals surface area (Å²) in [6.07, 6.45) is 19.7. The number of nitrogens with zero attached hydrogens (tertiary/aromatic N) is 1. The van der Waals surface area contributed by atoms with Crippen LogP contribution in [0.1, 0.15) is 103 Å². The molecule has 0 radical (unpaired) electrons. The highest BCUT2D eigenvalue weighted by molar-refractivity contribution is 7.50. The fraction of sp³-hybridized carbons (Fsp3) is 1.00. The second kappa shape index (κ2) is 19.7. The Morgan fingerprint density at radius 3 is 1.73 bits per heavy atom. The summed E-state index contributed by atoms with van der Waals surface area (Å²) in [6, 6.07) is 0. The van der Waals surface area contributed by atoms with Crippen molar-refractivity contribution in [2.75, 3.05) is 46.1 Å². The van der Waals surface area contributed by atoms with Crippen molar-refractivity contribution in [3.05, 3.63) is 0 Å². The molecule has 1 aliphatic heterocycles. The van der Waals surface area contributed by atoms with Gasteiger partial charge in [0.1, 0.15) is 0 Å². The van der Waals surface area contributed by atoms with E-state index < -0.39 is 7.75 Å². The van der Waals surface area contributed by atoms with Crippen LogP contribution in [0.3, 0.4) is 0 Å². The summed E-state index contributed by atoms with van der Waals surface area (Å²) in [4.78, 5) is 9.95. The second-order valence-electron chi connectivity index (χ2n) is 8.45. The number of ether oxygens (including phenoxy) is 2. The lowest BCUT2D eigenvalue weighted by atomic mass is 10.0. The minimum Gasteiger partial charge on any atom is -0.381 e. The fourth-order valence-electron chi connectivity index (χ4n) is 3.73. The Labute approximate surface area is 185 Å². The van der Waals surface area contributed by atoms with Gasteiger partial charge in [0.15, 0.2) is 0 Å². The van der Waals surface area contributed by atoms with E-state index in [1.807, 2.05) is 0 Å². The molecule has 1 aliphatic rings. The van der Waals surface area contributed by atoms with Crippen LogP contribution >= 0.6 is 7.75 Å². The minimum absolute atomic E-state index is 0.254.